The van der Waals surface area contributed by atoms with Gasteiger partial charge in [-0.3, -0.25) is 9.78 Å². The van der Waals surface area contributed by atoms with E-state index in [0.29, 0.717) is 32.0 Å². The summed E-state index contributed by atoms with van der Waals surface area (Å²) in [6, 6.07) is 11.1. The average Bonchev–Trinajstić information content (AvgIpc) is 3.16. The summed E-state index contributed by atoms with van der Waals surface area (Å²) in [5.74, 6) is 0.765. The van der Waals surface area contributed by atoms with Gasteiger partial charge < -0.3 is 19.5 Å². The number of nitrogens with one attached hydrogen (secondary N) is 1. The fourth-order valence-electron chi connectivity index (χ4n) is 3.31. The molecule has 2 aromatic rings. The highest BCUT2D eigenvalue weighted by Gasteiger charge is 2.28. The van der Waals surface area contributed by atoms with E-state index in [2.05, 4.69) is 10.3 Å². The third kappa shape index (κ3) is 3.86. The molecule has 0 saturated carbocycles. The lowest BCUT2D eigenvalue weighted by molar-refractivity contribution is -0.0612. The number of benzene rings is 1. The minimum absolute atomic E-state index is 0.0903. The number of fused-ring (bicyclic) bond motifs is 1. The van der Waals surface area contributed by atoms with Crippen LogP contribution in [-0.2, 0) is 22.5 Å². The molecule has 0 radical (unpaired) electrons. The van der Waals surface area contributed by atoms with Crippen LogP contribution in [-0.4, -0.2) is 42.9 Å². The largest absolute Gasteiger partial charge is 0.493 e. The van der Waals surface area contributed by atoms with Crippen molar-refractivity contribution >= 4 is 5.91 Å². The van der Waals surface area contributed by atoms with Gasteiger partial charge >= 0.3 is 0 Å². The number of pyridine rings is 1. The van der Waals surface area contributed by atoms with Gasteiger partial charge in [0.2, 0.25) is 0 Å². The summed E-state index contributed by atoms with van der Waals surface area (Å²) in [5, 5.41) is 3.06. The molecule has 2 aliphatic rings. The Kier molecular flexibility index (Phi) is 5.13. The Morgan fingerprint density at radius 3 is 3.12 bits per heavy atom. The molecule has 0 unspecified atom stereocenters. The van der Waals surface area contributed by atoms with E-state index in [1.807, 2.05) is 30.3 Å². The van der Waals surface area contributed by atoms with Crippen molar-refractivity contribution in [3.63, 3.8) is 0 Å². The smallest absolute Gasteiger partial charge is 0.251 e. The first-order valence-electron chi connectivity index (χ1n) is 8.95. The topological polar surface area (TPSA) is 69.7 Å². The summed E-state index contributed by atoms with van der Waals surface area (Å²) in [6.45, 7) is 2.19. The van der Waals surface area contributed by atoms with E-state index in [0.717, 1.165) is 29.8 Å². The number of aromatic nitrogens is 1. The molecule has 1 aromatic carbocycles. The van der Waals surface area contributed by atoms with Crippen LogP contribution in [0.15, 0.2) is 42.6 Å². The number of amides is 1. The second kappa shape index (κ2) is 7.85. The SMILES string of the molecule is O=C(N[C@@H]1COCC[C@H]1OCc1ccccn1)c1ccc2c(c1)CCO2. The number of hydrogen-bond acceptors (Lipinski definition) is 5. The molecular weight excluding hydrogens is 332 g/mol. The van der Waals surface area contributed by atoms with Gasteiger partial charge in [-0.15, -0.1) is 0 Å². The number of hydrogen-bond donors (Lipinski definition) is 1. The molecule has 3 heterocycles. The van der Waals surface area contributed by atoms with Gasteiger partial charge in [0.1, 0.15) is 5.75 Å². The molecule has 1 amide bonds. The molecule has 26 heavy (non-hydrogen) atoms. The summed E-state index contributed by atoms with van der Waals surface area (Å²) in [6.07, 6.45) is 3.25. The number of carbonyl (C=O) groups is 1. The quantitative estimate of drug-likeness (QED) is 0.891. The van der Waals surface area contributed by atoms with Gasteiger partial charge in [-0.05, 0) is 42.3 Å². The predicted molar refractivity (Wildman–Crippen MR) is 95.1 cm³/mol. The Morgan fingerprint density at radius 2 is 2.23 bits per heavy atom. The van der Waals surface area contributed by atoms with Crippen LogP contribution in [0.4, 0.5) is 0 Å². The van der Waals surface area contributed by atoms with Crippen LogP contribution >= 0.6 is 0 Å². The van der Waals surface area contributed by atoms with E-state index in [1.165, 1.54) is 0 Å². The van der Waals surface area contributed by atoms with Gasteiger partial charge in [0.05, 0.1) is 37.7 Å². The predicted octanol–water partition coefficient (Wildman–Crippen LogP) is 2.12. The lowest BCUT2D eigenvalue weighted by atomic mass is 10.0. The zero-order valence-electron chi connectivity index (χ0n) is 14.5. The average molecular weight is 354 g/mol. The number of rotatable bonds is 5. The Bertz CT molecular complexity index is 766. The molecule has 4 rings (SSSR count). The molecule has 1 N–H and O–H groups in total. The van der Waals surface area contributed by atoms with Crippen LogP contribution in [0.3, 0.4) is 0 Å². The third-order valence-electron chi connectivity index (χ3n) is 4.73. The zero-order chi connectivity index (χ0) is 17.8. The van der Waals surface area contributed by atoms with Gasteiger partial charge in [0.15, 0.2) is 0 Å². The maximum atomic E-state index is 12.7. The first kappa shape index (κ1) is 17.0. The van der Waals surface area contributed by atoms with E-state index in [4.69, 9.17) is 14.2 Å². The summed E-state index contributed by atoms with van der Waals surface area (Å²) >= 11 is 0. The summed E-state index contributed by atoms with van der Waals surface area (Å²) in [4.78, 5) is 16.9. The molecule has 136 valence electrons. The second-order valence-electron chi connectivity index (χ2n) is 6.54. The van der Waals surface area contributed by atoms with Crippen LogP contribution in [0, 0.1) is 0 Å². The maximum Gasteiger partial charge on any atom is 0.251 e. The number of carbonyl (C=O) groups excluding carboxylic acids is 1. The molecule has 6 heteroatoms. The molecule has 0 aliphatic carbocycles. The number of ether oxygens (including phenoxy) is 3. The van der Waals surface area contributed by atoms with Crippen molar-refractivity contribution in [2.75, 3.05) is 19.8 Å². The Morgan fingerprint density at radius 1 is 1.27 bits per heavy atom. The van der Waals surface area contributed by atoms with Crippen molar-refractivity contribution in [3.05, 3.63) is 59.4 Å². The monoisotopic (exact) mass is 354 g/mol. The van der Waals surface area contributed by atoms with Crippen molar-refractivity contribution in [1.82, 2.24) is 10.3 Å². The Balaban J connectivity index is 1.39. The van der Waals surface area contributed by atoms with Gasteiger partial charge in [-0.1, -0.05) is 6.07 Å². The van der Waals surface area contributed by atoms with Crippen LogP contribution in [0.1, 0.15) is 28.0 Å². The molecule has 0 bridgehead atoms. The van der Waals surface area contributed by atoms with Crippen molar-refractivity contribution in [3.8, 4) is 5.75 Å². The highest BCUT2D eigenvalue weighted by atomic mass is 16.5. The first-order valence-corrected chi connectivity index (χ1v) is 8.95. The molecule has 1 aromatic heterocycles. The van der Waals surface area contributed by atoms with E-state index < -0.39 is 0 Å². The fraction of sp³-hybridized carbons (Fsp3) is 0.400. The molecule has 1 saturated heterocycles. The second-order valence-corrected chi connectivity index (χ2v) is 6.54. The van der Waals surface area contributed by atoms with Crippen molar-refractivity contribution in [2.24, 2.45) is 0 Å². The van der Waals surface area contributed by atoms with E-state index >= 15 is 0 Å². The minimum Gasteiger partial charge on any atom is -0.493 e. The molecule has 6 nitrogen and oxygen atoms in total. The Labute approximate surface area is 152 Å². The van der Waals surface area contributed by atoms with E-state index in [-0.39, 0.29) is 18.1 Å². The van der Waals surface area contributed by atoms with Crippen LogP contribution in [0.5, 0.6) is 5.75 Å². The van der Waals surface area contributed by atoms with Gasteiger partial charge in [0, 0.05) is 24.8 Å². The Hall–Kier alpha value is -2.44. The number of nitrogens with zero attached hydrogens (tertiary/aromatic N) is 1. The van der Waals surface area contributed by atoms with Crippen LogP contribution < -0.4 is 10.1 Å². The van der Waals surface area contributed by atoms with Gasteiger partial charge in [-0.25, -0.2) is 0 Å². The fourth-order valence-corrected chi connectivity index (χ4v) is 3.31. The normalized spacial score (nSPS) is 21.7. The zero-order valence-corrected chi connectivity index (χ0v) is 14.5. The third-order valence-corrected chi connectivity index (χ3v) is 4.73. The van der Waals surface area contributed by atoms with Crippen molar-refractivity contribution in [1.29, 1.82) is 0 Å². The summed E-state index contributed by atoms with van der Waals surface area (Å²) < 4.78 is 17.1. The summed E-state index contributed by atoms with van der Waals surface area (Å²) in [5.41, 5.74) is 2.60. The maximum absolute atomic E-state index is 12.7. The molecular formula is C20H22N2O4. The lowest BCUT2D eigenvalue weighted by Crippen LogP contribution is -2.50. The molecule has 2 aliphatic heterocycles. The van der Waals surface area contributed by atoms with Gasteiger partial charge in [-0.2, -0.15) is 0 Å². The minimum atomic E-state index is -0.176. The van der Waals surface area contributed by atoms with Crippen LogP contribution in [0.25, 0.3) is 0 Å². The van der Waals surface area contributed by atoms with Crippen molar-refractivity contribution < 1.29 is 19.0 Å². The standard InChI is InChI=1S/C20H22N2O4/c23-20(15-4-5-18-14(11-15)6-10-25-18)22-17-13-24-9-7-19(17)26-12-16-3-1-2-8-21-16/h1-5,8,11,17,19H,6-7,9-10,12-13H2,(H,22,23)/t17-,19-/m1/s1. The van der Waals surface area contributed by atoms with Crippen molar-refractivity contribution in [2.45, 2.75) is 31.6 Å². The van der Waals surface area contributed by atoms with E-state index in [1.54, 1.807) is 12.3 Å². The first-order chi connectivity index (χ1) is 12.8. The highest BCUT2D eigenvalue weighted by Crippen LogP contribution is 2.26. The molecule has 2 atom stereocenters. The van der Waals surface area contributed by atoms with E-state index in [9.17, 15) is 4.79 Å². The molecule has 0 spiro atoms. The lowest BCUT2D eigenvalue weighted by Gasteiger charge is -2.32. The highest BCUT2D eigenvalue weighted by molar-refractivity contribution is 5.94. The molecule has 1 fully saturated rings. The van der Waals surface area contributed by atoms with Crippen LogP contribution in [0.2, 0.25) is 0 Å². The summed E-state index contributed by atoms with van der Waals surface area (Å²) in [7, 11) is 0. The van der Waals surface area contributed by atoms with Gasteiger partial charge in [0.25, 0.3) is 5.91 Å².